The average Bonchev–Trinajstić information content (AvgIpc) is 2.92. The highest BCUT2D eigenvalue weighted by atomic mass is 16.5. The lowest BCUT2D eigenvalue weighted by molar-refractivity contribution is -0.138. The quantitative estimate of drug-likeness (QED) is 0.0569. The molecule has 0 spiro atoms. The third-order valence-electron chi connectivity index (χ3n) is 4.89. The van der Waals surface area contributed by atoms with Crippen molar-refractivity contribution in [3.63, 3.8) is 0 Å². The number of benzene rings is 2. The fourth-order valence-electron chi connectivity index (χ4n) is 2.93. The van der Waals surface area contributed by atoms with E-state index >= 15 is 0 Å². The molecule has 0 aliphatic rings. The van der Waals surface area contributed by atoms with Crippen molar-refractivity contribution in [2.75, 3.05) is 13.2 Å². The Morgan fingerprint density at radius 2 is 1.28 bits per heavy atom. The second-order valence-corrected chi connectivity index (χ2v) is 8.18. The van der Waals surface area contributed by atoms with E-state index in [1.54, 1.807) is 38.1 Å². The van der Waals surface area contributed by atoms with Crippen molar-refractivity contribution in [3.8, 4) is 11.5 Å². The van der Waals surface area contributed by atoms with Gasteiger partial charge in [0, 0.05) is 18.9 Å². The molecule has 0 radical (unpaired) electrons. The van der Waals surface area contributed by atoms with Crippen LogP contribution >= 0.6 is 0 Å². The minimum absolute atomic E-state index is 0.221. The number of rotatable bonds is 14. The normalized spacial score (nSPS) is 11.3. The average molecular weight is 537 g/mol. The van der Waals surface area contributed by atoms with E-state index in [0.717, 1.165) is 6.08 Å². The Labute approximate surface area is 227 Å². The number of allylic oxidation sites excluding steroid dienone is 4. The van der Waals surface area contributed by atoms with E-state index < -0.39 is 17.9 Å². The molecule has 2 rings (SSSR count). The van der Waals surface area contributed by atoms with Crippen LogP contribution in [0.15, 0.2) is 84.9 Å². The summed E-state index contributed by atoms with van der Waals surface area (Å²) in [5.74, 6) is -0.475. The molecule has 0 unspecified atom stereocenters. The summed E-state index contributed by atoms with van der Waals surface area (Å²) in [5, 5.41) is 0. The first-order chi connectivity index (χ1) is 18.7. The first-order valence-electron chi connectivity index (χ1n) is 12.3. The van der Waals surface area contributed by atoms with Crippen LogP contribution in [0.1, 0.15) is 60.7 Å². The lowest BCUT2D eigenvalue weighted by Crippen LogP contribution is -2.07. The van der Waals surface area contributed by atoms with E-state index in [4.69, 9.17) is 23.7 Å². The largest absolute Gasteiger partial charge is 0.493 e. The number of carbonyl (C=O) groups is 4. The van der Waals surface area contributed by atoms with E-state index in [2.05, 4.69) is 6.58 Å². The van der Waals surface area contributed by atoms with Gasteiger partial charge in [0.25, 0.3) is 0 Å². The summed E-state index contributed by atoms with van der Waals surface area (Å²) < 4.78 is 26.2. The predicted octanol–water partition coefficient (Wildman–Crippen LogP) is 5.71. The van der Waals surface area contributed by atoms with Gasteiger partial charge in [0.2, 0.25) is 0 Å². The van der Waals surface area contributed by atoms with Gasteiger partial charge in [-0.1, -0.05) is 13.5 Å². The maximum atomic E-state index is 12.4. The Bertz CT molecular complexity index is 1210. The van der Waals surface area contributed by atoms with E-state index in [9.17, 15) is 19.2 Å². The summed E-state index contributed by atoms with van der Waals surface area (Å²) in [4.78, 5) is 47.3. The molecular formula is C30H32O9. The van der Waals surface area contributed by atoms with Crippen LogP contribution < -0.4 is 9.47 Å². The third kappa shape index (κ3) is 11.5. The van der Waals surface area contributed by atoms with Gasteiger partial charge in [-0.15, -0.1) is 0 Å². The molecule has 9 nitrogen and oxygen atoms in total. The zero-order valence-corrected chi connectivity index (χ0v) is 22.3. The Kier molecular flexibility index (Phi) is 12.7. The molecule has 0 aliphatic heterocycles. The van der Waals surface area contributed by atoms with Crippen LogP contribution in [0.3, 0.4) is 0 Å². The van der Waals surface area contributed by atoms with Crippen molar-refractivity contribution < 1.29 is 42.9 Å². The first kappa shape index (κ1) is 30.6. The smallest absolute Gasteiger partial charge is 0.343 e. The van der Waals surface area contributed by atoms with Crippen LogP contribution in [0, 0.1) is 0 Å². The molecule has 0 amide bonds. The summed E-state index contributed by atoms with van der Waals surface area (Å²) in [6.45, 7) is 8.95. The lowest BCUT2D eigenvalue weighted by atomic mass is 10.2. The van der Waals surface area contributed by atoms with Crippen LogP contribution in [0.5, 0.6) is 11.5 Å². The van der Waals surface area contributed by atoms with Crippen molar-refractivity contribution >= 4 is 23.9 Å². The fraction of sp³-hybridized carbons (Fsp3) is 0.267. The molecule has 39 heavy (non-hydrogen) atoms. The van der Waals surface area contributed by atoms with Gasteiger partial charge in [0.05, 0.1) is 24.3 Å². The lowest BCUT2D eigenvalue weighted by Gasteiger charge is -2.08. The number of hydrogen-bond donors (Lipinski definition) is 0. The highest BCUT2D eigenvalue weighted by Gasteiger charge is 2.11. The molecule has 0 aromatic heterocycles. The molecule has 0 bridgehead atoms. The molecule has 0 fully saturated rings. The Balaban J connectivity index is 1.81. The highest BCUT2D eigenvalue weighted by molar-refractivity contribution is 5.91. The highest BCUT2D eigenvalue weighted by Crippen LogP contribution is 2.16. The van der Waals surface area contributed by atoms with Crippen LogP contribution in [-0.2, 0) is 23.8 Å². The standard InChI is InChI=1S/C30H32O9/c1-5-8-28(32)39-26-17-13-24(14-18-26)30(34)38-22(4)10-9-21(3)37-29(33)23-11-15-25(16-12-23)35-19-7-20-36-27(31)6-2/h6,9-18H,2,5,7-8,19-20H2,1,3-4H3/b21-9+,22-10+. The molecule has 2 aromatic carbocycles. The molecule has 206 valence electrons. The molecule has 0 aliphatic carbocycles. The van der Waals surface area contributed by atoms with Crippen molar-refractivity contribution in [1.82, 2.24) is 0 Å². The SMILES string of the molecule is C=CC(=O)OCCCOc1ccc(C(=O)O/C(C)=C/C=C(\C)OC(=O)c2ccc(OC(=O)CCC)cc2)cc1. The molecule has 0 saturated heterocycles. The second kappa shape index (κ2) is 16.2. The van der Waals surface area contributed by atoms with Crippen LogP contribution in [0.4, 0.5) is 0 Å². The minimum atomic E-state index is -0.585. The second-order valence-electron chi connectivity index (χ2n) is 8.18. The van der Waals surface area contributed by atoms with Gasteiger partial charge in [-0.3, -0.25) is 4.79 Å². The van der Waals surface area contributed by atoms with Crippen molar-refractivity contribution in [3.05, 3.63) is 96.0 Å². The number of hydrogen-bond acceptors (Lipinski definition) is 9. The maximum absolute atomic E-state index is 12.4. The summed E-state index contributed by atoms with van der Waals surface area (Å²) in [7, 11) is 0. The van der Waals surface area contributed by atoms with Crippen LogP contribution in [0.2, 0.25) is 0 Å². The topological polar surface area (TPSA) is 114 Å². The molecule has 2 aromatic rings. The van der Waals surface area contributed by atoms with Crippen LogP contribution in [-0.4, -0.2) is 37.1 Å². The summed E-state index contributed by atoms with van der Waals surface area (Å²) in [5.41, 5.74) is 0.611. The molecule has 0 atom stereocenters. The maximum Gasteiger partial charge on any atom is 0.343 e. The first-order valence-corrected chi connectivity index (χ1v) is 12.3. The Morgan fingerprint density at radius 1 is 0.769 bits per heavy atom. The van der Waals surface area contributed by atoms with Gasteiger partial charge in [-0.05, 0) is 81.0 Å². The summed E-state index contributed by atoms with van der Waals surface area (Å²) in [6, 6.07) is 12.5. The number of carbonyl (C=O) groups excluding carboxylic acids is 4. The van der Waals surface area contributed by atoms with Crippen molar-refractivity contribution in [1.29, 1.82) is 0 Å². The van der Waals surface area contributed by atoms with E-state index in [-0.39, 0.29) is 23.9 Å². The third-order valence-corrected chi connectivity index (χ3v) is 4.89. The van der Waals surface area contributed by atoms with E-state index in [1.165, 1.54) is 36.4 Å². The van der Waals surface area contributed by atoms with Crippen molar-refractivity contribution in [2.45, 2.75) is 40.0 Å². The predicted molar refractivity (Wildman–Crippen MR) is 143 cm³/mol. The Morgan fingerprint density at radius 3 is 1.77 bits per heavy atom. The minimum Gasteiger partial charge on any atom is -0.493 e. The van der Waals surface area contributed by atoms with Gasteiger partial charge in [-0.2, -0.15) is 0 Å². The summed E-state index contributed by atoms with van der Waals surface area (Å²) >= 11 is 0. The zero-order valence-electron chi connectivity index (χ0n) is 22.3. The van der Waals surface area contributed by atoms with Gasteiger partial charge in [0.15, 0.2) is 0 Å². The van der Waals surface area contributed by atoms with Gasteiger partial charge < -0.3 is 23.7 Å². The van der Waals surface area contributed by atoms with E-state index in [0.29, 0.717) is 48.7 Å². The Hall–Kier alpha value is -4.66. The number of ether oxygens (including phenoxy) is 5. The van der Waals surface area contributed by atoms with Gasteiger partial charge >= 0.3 is 23.9 Å². The van der Waals surface area contributed by atoms with Crippen molar-refractivity contribution in [2.24, 2.45) is 0 Å². The molecule has 0 N–H and O–H groups in total. The zero-order chi connectivity index (χ0) is 28.6. The van der Waals surface area contributed by atoms with Gasteiger partial charge in [-0.25, -0.2) is 14.4 Å². The van der Waals surface area contributed by atoms with Crippen LogP contribution in [0.25, 0.3) is 0 Å². The molecule has 0 heterocycles. The summed E-state index contributed by atoms with van der Waals surface area (Å²) in [6.07, 6.45) is 5.62. The fourth-order valence-corrected chi connectivity index (χ4v) is 2.93. The van der Waals surface area contributed by atoms with Gasteiger partial charge in [0.1, 0.15) is 23.0 Å². The molecular weight excluding hydrogens is 504 g/mol. The monoisotopic (exact) mass is 536 g/mol. The molecule has 0 saturated carbocycles. The number of esters is 4. The molecule has 9 heteroatoms. The van der Waals surface area contributed by atoms with E-state index in [1.807, 2.05) is 6.92 Å².